The maximum absolute atomic E-state index is 12.3. The van der Waals surface area contributed by atoms with E-state index in [-0.39, 0.29) is 5.91 Å². The highest BCUT2D eigenvalue weighted by Crippen LogP contribution is 2.21. The summed E-state index contributed by atoms with van der Waals surface area (Å²) in [4.78, 5) is 12.3. The molecule has 2 aliphatic rings. The quantitative estimate of drug-likeness (QED) is 0.770. The highest BCUT2D eigenvalue weighted by Gasteiger charge is 2.13. The summed E-state index contributed by atoms with van der Waals surface area (Å²) in [5.74, 6) is 0.112. The van der Waals surface area contributed by atoms with Gasteiger partial charge in [0.15, 0.2) is 0 Å². The van der Waals surface area contributed by atoms with Crippen LogP contribution in [0.25, 0.3) is 0 Å². The lowest BCUT2D eigenvalue weighted by Gasteiger charge is -2.17. The minimum absolute atomic E-state index is 0.112. The van der Waals surface area contributed by atoms with Crippen molar-refractivity contribution >= 4 is 5.91 Å². The molecule has 0 atom stereocenters. The van der Waals surface area contributed by atoms with Crippen LogP contribution in [0.3, 0.4) is 0 Å². The van der Waals surface area contributed by atoms with Crippen LogP contribution in [0.4, 0.5) is 0 Å². The molecule has 20 heavy (non-hydrogen) atoms. The van der Waals surface area contributed by atoms with Gasteiger partial charge in [-0.2, -0.15) is 0 Å². The topological polar surface area (TPSA) is 29.1 Å². The van der Waals surface area contributed by atoms with Crippen LogP contribution in [0.2, 0.25) is 0 Å². The van der Waals surface area contributed by atoms with Gasteiger partial charge >= 0.3 is 0 Å². The maximum atomic E-state index is 12.3. The molecular formula is C18H27NO. The van der Waals surface area contributed by atoms with Gasteiger partial charge < -0.3 is 5.32 Å². The molecule has 1 N–H and O–H groups in total. The summed E-state index contributed by atoms with van der Waals surface area (Å²) in [6, 6.07) is 0. The Bertz CT molecular complexity index is 429. The molecule has 0 saturated carbocycles. The SMILES string of the molecule is CC1=C(NC(=O)C2=CC=CCC2)CCCCCCCC1. The average molecular weight is 273 g/mol. The summed E-state index contributed by atoms with van der Waals surface area (Å²) in [6.07, 6.45) is 17.9. The van der Waals surface area contributed by atoms with E-state index in [0.29, 0.717) is 0 Å². The maximum Gasteiger partial charge on any atom is 0.251 e. The zero-order valence-electron chi connectivity index (χ0n) is 12.7. The second-order valence-electron chi connectivity index (χ2n) is 5.99. The summed E-state index contributed by atoms with van der Waals surface area (Å²) in [5.41, 5.74) is 3.49. The van der Waals surface area contributed by atoms with Gasteiger partial charge in [-0.15, -0.1) is 0 Å². The van der Waals surface area contributed by atoms with E-state index in [1.165, 1.54) is 49.8 Å². The van der Waals surface area contributed by atoms with Gasteiger partial charge in [0.2, 0.25) is 0 Å². The van der Waals surface area contributed by atoms with Crippen molar-refractivity contribution in [2.24, 2.45) is 0 Å². The van der Waals surface area contributed by atoms with Crippen molar-refractivity contribution in [1.82, 2.24) is 5.32 Å². The number of hydrogen-bond acceptors (Lipinski definition) is 1. The molecule has 0 heterocycles. The van der Waals surface area contributed by atoms with Gasteiger partial charge in [0, 0.05) is 11.3 Å². The van der Waals surface area contributed by atoms with Crippen LogP contribution in [0.15, 0.2) is 35.1 Å². The molecule has 2 aliphatic carbocycles. The van der Waals surface area contributed by atoms with Crippen LogP contribution in [0.1, 0.15) is 71.1 Å². The fraction of sp³-hybridized carbons (Fsp3) is 0.611. The average Bonchev–Trinajstić information content (AvgIpc) is 2.49. The summed E-state index contributed by atoms with van der Waals surface area (Å²) in [6.45, 7) is 2.19. The van der Waals surface area contributed by atoms with E-state index in [4.69, 9.17) is 0 Å². The number of carbonyl (C=O) groups excluding carboxylic acids is 1. The van der Waals surface area contributed by atoms with Gasteiger partial charge in [-0.25, -0.2) is 0 Å². The molecule has 0 aromatic rings. The molecule has 2 nitrogen and oxygen atoms in total. The molecule has 0 unspecified atom stereocenters. The smallest absolute Gasteiger partial charge is 0.251 e. The van der Waals surface area contributed by atoms with Gasteiger partial charge in [-0.1, -0.05) is 49.5 Å². The molecular weight excluding hydrogens is 246 g/mol. The largest absolute Gasteiger partial charge is 0.326 e. The first-order valence-corrected chi connectivity index (χ1v) is 8.13. The molecule has 0 aliphatic heterocycles. The molecule has 0 radical (unpaired) electrons. The van der Waals surface area contributed by atoms with E-state index in [2.05, 4.69) is 18.3 Å². The van der Waals surface area contributed by atoms with Crippen molar-refractivity contribution in [3.05, 3.63) is 35.1 Å². The van der Waals surface area contributed by atoms with Gasteiger partial charge in [0.1, 0.15) is 0 Å². The van der Waals surface area contributed by atoms with Crippen LogP contribution in [-0.2, 0) is 4.79 Å². The van der Waals surface area contributed by atoms with Crippen LogP contribution < -0.4 is 5.32 Å². The first kappa shape index (κ1) is 15.1. The Morgan fingerprint density at radius 1 is 1.00 bits per heavy atom. The van der Waals surface area contributed by atoms with Crippen molar-refractivity contribution in [2.45, 2.75) is 71.1 Å². The second kappa shape index (κ2) is 8.08. The van der Waals surface area contributed by atoms with Crippen LogP contribution in [0.5, 0.6) is 0 Å². The number of rotatable bonds is 2. The molecule has 0 bridgehead atoms. The van der Waals surface area contributed by atoms with E-state index in [1.807, 2.05) is 12.2 Å². The summed E-state index contributed by atoms with van der Waals surface area (Å²) in [5, 5.41) is 3.19. The minimum Gasteiger partial charge on any atom is -0.326 e. The number of hydrogen-bond donors (Lipinski definition) is 1. The Balaban J connectivity index is 2.00. The van der Waals surface area contributed by atoms with Gasteiger partial charge in [-0.05, 0) is 45.4 Å². The van der Waals surface area contributed by atoms with E-state index >= 15 is 0 Å². The van der Waals surface area contributed by atoms with E-state index in [0.717, 1.165) is 31.3 Å². The van der Waals surface area contributed by atoms with Crippen LogP contribution in [-0.4, -0.2) is 5.91 Å². The van der Waals surface area contributed by atoms with Crippen molar-refractivity contribution < 1.29 is 4.79 Å². The van der Waals surface area contributed by atoms with Crippen molar-refractivity contribution in [3.63, 3.8) is 0 Å². The highest BCUT2D eigenvalue weighted by molar-refractivity contribution is 5.95. The third-order valence-corrected chi connectivity index (χ3v) is 4.31. The number of amides is 1. The third-order valence-electron chi connectivity index (χ3n) is 4.31. The van der Waals surface area contributed by atoms with E-state index in [1.54, 1.807) is 0 Å². The Hall–Kier alpha value is -1.31. The predicted octanol–water partition coefficient (Wildman–Crippen LogP) is 4.79. The van der Waals surface area contributed by atoms with Crippen molar-refractivity contribution in [1.29, 1.82) is 0 Å². The van der Waals surface area contributed by atoms with Gasteiger partial charge in [0.05, 0.1) is 0 Å². The standard InChI is InChI=1S/C18H27NO/c1-15-11-7-4-2-3-5-10-14-17(15)19-18(20)16-12-8-6-9-13-16/h6,8,12H,2-5,7,9-11,13-14H2,1H3,(H,19,20). The monoisotopic (exact) mass is 273 g/mol. The van der Waals surface area contributed by atoms with Gasteiger partial charge in [0.25, 0.3) is 5.91 Å². The lowest BCUT2D eigenvalue weighted by molar-refractivity contribution is -0.117. The van der Waals surface area contributed by atoms with Crippen molar-refractivity contribution in [2.75, 3.05) is 0 Å². The lowest BCUT2D eigenvalue weighted by Crippen LogP contribution is -2.26. The summed E-state index contributed by atoms with van der Waals surface area (Å²) >= 11 is 0. The van der Waals surface area contributed by atoms with Crippen LogP contribution in [0, 0.1) is 0 Å². The molecule has 0 spiro atoms. The summed E-state index contributed by atoms with van der Waals surface area (Å²) in [7, 11) is 0. The summed E-state index contributed by atoms with van der Waals surface area (Å²) < 4.78 is 0. The number of allylic oxidation sites excluding steroid dienone is 5. The highest BCUT2D eigenvalue weighted by atomic mass is 16.1. The molecule has 110 valence electrons. The molecule has 2 rings (SSSR count). The van der Waals surface area contributed by atoms with E-state index < -0.39 is 0 Å². The third kappa shape index (κ3) is 4.66. The lowest BCUT2D eigenvalue weighted by atomic mass is 9.98. The second-order valence-corrected chi connectivity index (χ2v) is 5.99. The fourth-order valence-corrected chi connectivity index (χ4v) is 2.94. The van der Waals surface area contributed by atoms with Gasteiger partial charge in [-0.3, -0.25) is 4.79 Å². The van der Waals surface area contributed by atoms with Crippen LogP contribution >= 0.6 is 0 Å². The normalized spacial score (nSPS) is 21.4. The Morgan fingerprint density at radius 3 is 2.40 bits per heavy atom. The number of carbonyl (C=O) groups is 1. The van der Waals surface area contributed by atoms with Crippen molar-refractivity contribution in [3.8, 4) is 0 Å². The first-order chi connectivity index (χ1) is 9.77. The number of nitrogens with one attached hydrogen (secondary N) is 1. The predicted molar refractivity (Wildman–Crippen MR) is 84.2 cm³/mol. The molecule has 2 heteroatoms. The zero-order chi connectivity index (χ0) is 14.2. The molecule has 0 aromatic carbocycles. The first-order valence-electron chi connectivity index (χ1n) is 8.13. The molecule has 1 amide bonds. The Kier molecular flexibility index (Phi) is 6.10. The molecule has 0 saturated heterocycles. The zero-order valence-corrected chi connectivity index (χ0v) is 12.7. The minimum atomic E-state index is 0.112. The Labute approximate surface area is 123 Å². The van der Waals surface area contributed by atoms with E-state index in [9.17, 15) is 4.79 Å². The molecule has 0 aromatic heterocycles. The Morgan fingerprint density at radius 2 is 1.70 bits per heavy atom. The molecule has 0 fully saturated rings. The fourth-order valence-electron chi connectivity index (χ4n) is 2.94.